The molecule has 2 aromatic heterocycles. The first-order valence-corrected chi connectivity index (χ1v) is 11.6. The van der Waals surface area contributed by atoms with Crippen molar-refractivity contribution in [2.75, 3.05) is 5.73 Å². The van der Waals surface area contributed by atoms with Crippen LogP contribution in [0.1, 0.15) is 34.1 Å². The van der Waals surface area contributed by atoms with E-state index >= 15 is 0 Å². The number of rotatable bonds is 4. The quantitative estimate of drug-likeness (QED) is 0.379. The Labute approximate surface area is 202 Å². The highest BCUT2D eigenvalue weighted by atomic mass is 16.2. The van der Waals surface area contributed by atoms with Gasteiger partial charge in [-0.1, -0.05) is 66.7 Å². The number of hydrogen-bond acceptors (Lipinski definition) is 5. The van der Waals surface area contributed by atoms with Gasteiger partial charge < -0.3 is 11.1 Å². The van der Waals surface area contributed by atoms with E-state index in [4.69, 9.17) is 10.7 Å². The highest BCUT2D eigenvalue weighted by molar-refractivity contribution is 5.98. The van der Waals surface area contributed by atoms with Crippen LogP contribution in [0, 0.1) is 0 Å². The lowest BCUT2D eigenvalue weighted by Gasteiger charge is -2.16. The molecule has 1 aliphatic carbocycles. The molecule has 1 aliphatic rings. The van der Waals surface area contributed by atoms with Gasteiger partial charge in [0.2, 0.25) is 0 Å². The minimum absolute atomic E-state index is 0.0658. The Morgan fingerprint density at radius 1 is 0.857 bits per heavy atom. The third-order valence-corrected chi connectivity index (χ3v) is 6.50. The van der Waals surface area contributed by atoms with Gasteiger partial charge in [0.15, 0.2) is 11.5 Å². The van der Waals surface area contributed by atoms with Crippen molar-refractivity contribution in [3.63, 3.8) is 0 Å². The summed E-state index contributed by atoms with van der Waals surface area (Å²) in [7, 11) is 0. The van der Waals surface area contributed by atoms with Crippen LogP contribution in [0.3, 0.4) is 0 Å². The summed E-state index contributed by atoms with van der Waals surface area (Å²) in [4.78, 5) is 27.3. The van der Waals surface area contributed by atoms with Gasteiger partial charge in [-0.2, -0.15) is 0 Å². The van der Waals surface area contributed by atoms with Crippen LogP contribution in [0.5, 0.6) is 0 Å². The molecule has 35 heavy (non-hydrogen) atoms. The van der Waals surface area contributed by atoms with Crippen molar-refractivity contribution < 1.29 is 4.79 Å². The second kappa shape index (κ2) is 8.65. The first-order valence-electron chi connectivity index (χ1n) is 11.6. The molecule has 0 aliphatic heterocycles. The van der Waals surface area contributed by atoms with Gasteiger partial charge in [0.25, 0.3) is 5.91 Å². The second-order valence-electron chi connectivity index (χ2n) is 8.70. The maximum atomic E-state index is 13.4. The predicted molar refractivity (Wildman–Crippen MR) is 138 cm³/mol. The number of carbonyl (C=O) groups is 1. The molecule has 3 N–H and O–H groups in total. The van der Waals surface area contributed by atoms with Gasteiger partial charge in [-0.05, 0) is 42.2 Å². The number of nitrogens with two attached hydrogens (primary N) is 1. The summed E-state index contributed by atoms with van der Waals surface area (Å²) in [5, 5.41) is 4.11. The van der Waals surface area contributed by atoms with E-state index < -0.39 is 0 Å². The van der Waals surface area contributed by atoms with Crippen molar-refractivity contribution in [3.8, 4) is 22.5 Å². The van der Waals surface area contributed by atoms with Crippen molar-refractivity contribution in [1.29, 1.82) is 0 Å². The molecular formula is C29H23N5O. The minimum Gasteiger partial charge on any atom is -0.382 e. The summed E-state index contributed by atoms with van der Waals surface area (Å²) in [5.41, 5.74) is 12.7. The predicted octanol–water partition coefficient (Wildman–Crippen LogP) is 5.36. The summed E-state index contributed by atoms with van der Waals surface area (Å²) in [6, 6.07) is 27.7. The fourth-order valence-electron chi connectivity index (χ4n) is 4.77. The summed E-state index contributed by atoms with van der Waals surface area (Å²) in [6.45, 7) is 0. The fraction of sp³-hybridized carbons (Fsp3) is 0.103. The molecule has 5 aromatic rings. The van der Waals surface area contributed by atoms with Gasteiger partial charge in [0.1, 0.15) is 0 Å². The molecule has 0 bridgehead atoms. The molecule has 6 nitrogen and oxygen atoms in total. The van der Waals surface area contributed by atoms with Gasteiger partial charge in [-0.15, -0.1) is 0 Å². The molecule has 0 saturated carbocycles. The lowest BCUT2D eigenvalue weighted by molar-refractivity contribution is 0.0932. The number of amides is 1. The van der Waals surface area contributed by atoms with Crippen molar-refractivity contribution in [2.24, 2.45) is 0 Å². The molecule has 0 saturated heterocycles. The Bertz CT molecular complexity index is 1560. The van der Waals surface area contributed by atoms with E-state index in [1.165, 1.54) is 5.56 Å². The Hall–Kier alpha value is -4.58. The maximum Gasteiger partial charge on any atom is 0.274 e. The number of hydrogen-bond donors (Lipinski definition) is 2. The first-order chi connectivity index (χ1) is 17.2. The zero-order valence-electron chi connectivity index (χ0n) is 19.0. The van der Waals surface area contributed by atoms with E-state index in [1.54, 1.807) is 6.20 Å². The van der Waals surface area contributed by atoms with Crippen LogP contribution in [0.15, 0.2) is 91.1 Å². The topological polar surface area (TPSA) is 93.8 Å². The van der Waals surface area contributed by atoms with Crippen molar-refractivity contribution in [1.82, 2.24) is 20.3 Å². The van der Waals surface area contributed by atoms with Crippen molar-refractivity contribution in [2.45, 2.75) is 18.9 Å². The van der Waals surface area contributed by atoms with E-state index in [0.717, 1.165) is 40.4 Å². The SMILES string of the molecule is Nc1nc(-c2ccccc2)c(-c2ccc3ncccc3c2)nc1C(=O)N[C@H]1CCc2ccccc21. The Balaban J connectivity index is 1.44. The van der Waals surface area contributed by atoms with Crippen LogP contribution < -0.4 is 11.1 Å². The number of benzene rings is 3. The molecule has 0 spiro atoms. The minimum atomic E-state index is -0.319. The third-order valence-electron chi connectivity index (χ3n) is 6.50. The van der Waals surface area contributed by atoms with Crippen LogP contribution in [0.4, 0.5) is 5.82 Å². The van der Waals surface area contributed by atoms with Gasteiger partial charge >= 0.3 is 0 Å². The highest BCUT2D eigenvalue weighted by Crippen LogP contribution is 2.34. The van der Waals surface area contributed by atoms with Crippen LogP contribution in [0.25, 0.3) is 33.4 Å². The number of fused-ring (bicyclic) bond motifs is 2. The number of nitrogen functional groups attached to an aromatic ring is 1. The Morgan fingerprint density at radius 3 is 2.54 bits per heavy atom. The molecule has 1 atom stereocenters. The molecule has 170 valence electrons. The fourth-order valence-corrected chi connectivity index (χ4v) is 4.77. The van der Waals surface area contributed by atoms with Crippen LogP contribution in [-0.4, -0.2) is 20.9 Å². The Kier molecular flexibility index (Phi) is 5.19. The van der Waals surface area contributed by atoms with E-state index in [0.29, 0.717) is 11.4 Å². The molecule has 1 amide bonds. The molecule has 0 fully saturated rings. The van der Waals surface area contributed by atoms with E-state index in [-0.39, 0.29) is 23.5 Å². The van der Waals surface area contributed by atoms with E-state index in [1.807, 2.05) is 72.8 Å². The van der Waals surface area contributed by atoms with Crippen molar-refractivity contribution >= 4 is 22.6 Å². The Morgan fingerprint density at radius 2 is 1.66 bits per heavy atom. The molecule has 0 unspecified atom stereocenters. The monoisotopic (exact) mass is 457 g/mol. The number of aryl methyl sites for hydroxylation is 1. The molecule has 3 aromatic carbocycles. The van der Waals surface area contributed by atoms with Gasteiger partial charge in [0, 0.05) is 22.7 Å². The number of carbonyl (C=O) groups excluding carboxylic acids is 1. The number of aromatic nitrogens is 3. The second-order valence-corrected chi connectivity index (χ2v) is 8.70. The van der Waals surface area contributed by atoms with Crippen LogP contribution in [0.2, 0.25) is 0 Å². The highest BCUT2D eigenvalue weighted by Gasteiger charge is 2.26. The smallest absolute Gasteiger partial charge is 0.274 e. The standard InChI is InChI=1S/C29H23N5O/c30-28-27(29(35)32-24-15-12-18-7-4-5-11-22(18)24)33-26(25(34-28)19-8-2-1-3-9-19)21-13-14-23-20(17-21)10-6-16-31-23/h1-11,13-14,16-17,24H,12,15H2,(H2,30,34)(H,32,35)/t24-/m0/s1. The number of nitrogens with one attached hydrogen (secondary N) is 1. The summed E-state index contributed by atoms with van der Waals surface area (Å²) < 4.78 is 0. The average Bonchev–Trinajstić information content (AvgIpc) is 3.31. The van der Waals surface area contributed by atoms with E-state index in [2.05, 4.69) is 27.4 Å². The molecule has 0 radical (unpaired) electrons. The van der Waals surface area contributed by atoms with Crippen LogP contribution >= 0.6 is 0 Å². The lowest BCUT2D eigenvalue weighted by atomic mass is 10.0. The molecule has 6 rings (SSSR count). The first kappa shape index (κ1) is 21.0. The molecule has 6 heteroatoms. The summed E-state index contributed by atoms with van der Waals surface area (Å²) in [5.74, 6) is -0.209. The zero-order chi connectivity index (χ0) is 23.8. The number of anilines is 1. The van der Waals surface area contributed by atoms with Gasteiger partial charge in [0.05, 0.1) is 22.9 Å². The average molecular weight is 458 g/mol. The lowest BCUT2D eigenvalue weighted by Crippen LogP contribution is -2.29. The summed E-state index contributed by atoms with van der Waals surface area (Å²) >= 11 is 0. The zero-order valence-corrected chi connectivity index (χ0v) is 19.0. The summed E-state index contributed by atoms with van der Waals surface area (Å²) in [6.07, 6.45) is 3.56. The maximum absolute atomic E-state index is 13.4. The van der Waals surface area contributed by atoms with Crippen molar-refractivity contribution in [3.05, 3.63) is 108 Å². The largest absolute Gasteiger partial charge is 0.382 e. The van der Waals surface area contributed by atoms with Gasteiger partial charge in [-0.25, -0.2) is 9.97 Å². The normalized spacial score (nSPS) is 14.6. The number of pyridine rings is 1. The number of nitrogens with zero attached hydrogens (tertiary/aromatic N) is 3. The van der Waals surface area contributed by atoms with E-state index in [9.17, 15) is 4.79 Å². The van der Waals surface area contributed by atoms with Gasteiger partial charge in [-0.3, -0.25) is 9.78 Å². The molecule has 2 heterocycles. The van der Waals surface area contributed by atoms with Crippen LogP contribution in [-0.2, 0) is 6.42 Å². The molecular weight excluding hydrogens is 434 g/mol. The third kappa shape index (κ3) is 3.89.